The molecule has 1 heterocycles. The van der Waals surface area contributed by atoms with E-state index in [-0.39, 0.29) is 11.7 Å². The minimum Gasteiger partial charge on any atom is -0.490 e. The van der Waals surface area contributed by atoms with E-state index in [1.165, 1.54) is 12.1 Å². The number of rotatable bonds is 2. The predicted octanol–water partition coefficient (Wildman–Crippen LogP) is 2.60. The van der Waals surface area contributed by atoms with E-state index in [1.807, 2.05) is 13.8 Å². The van der Waals surface area contributed by atoms with Crippen molar-refractivity contribution in [2.75, 3.05) is 18.1 Å². The Kier molecular flexibility index (Phi) is 3.31. The van der Waals surface area contributed by atoms with Gasteiger partial charge in [0.1, 0.15) is 18.2 Å². The van der Waals surface area contributed by atoms with Crippen LogP contribution < -0.4 is 9.64 Å². The largest absolute Gasteiger partial charge is 0.490 e. The third-order valence-corrected chi connectivity index (χ3v) is 2.67. The monoisotopic (exact) mass is 237 g/mol. The lowest BCUT2D eigenvalue weighted by atomic mass is 10.1. The van der Waals surface area contributed by atoms with Crippen LogP contribution in [0.25, 0.3) is 0 Å². The Morgan fingerprint density at radius 1 is 1.53 bits per heavy atom. The highest BCUT2D eigenvalue weighted by atomic mass is 19.1. The maximum atomic E-state index is 13.2. The summed E-state index contributed by atoms with van der Waals surface area (Å²) in [4.78, 5) is 13.6. The second-order valence-electron chi connectivity index (χ2n) is 4.60. The molecule has 3 nitrogen and oxygen atoms in total. The fourth-order valence-corrected chi connectivity index (χ4v) is 1.91. The van der Waals surface area contributed by atoms with Crippen LogP contribution >= 0.6 is 0 Å². The zero-order chi connectivity index (χ0) is 12.4. The number of anilines is 1. The minimum absolute atomic E-state index is 0.0233. The Bertz CT molecular complexity index is 431. The average Bonchev–Trinajstić information content (AvgIpc) is 2.27. The highest BCUT2D eigenvalue weighted by molar-refractivity contribution is 5.95. The van der Waals surface area contributed by atoms with E-state index in [0.29, 0.717) is 36.9 Å². The summed E-state index contributed by atoms with van der Waals surface area (Å²) in [5.41, 5.74) is 0.543. The number of carbonyl (C=O) groups is 1. The molecule has 2 rings (SSSR count). The summed E-state index contributed by atoms with van der Waals surface area (Å²) < 4.78 is 18.6. The Morgan fingerprint density at radius 3 is 3.00 bits per heavy atom. The molecule has 1 aliphatic rings. The van der Waals surface area contributed by atoms with Gasteiger partial charge in [0.05, 0.1) is 12.2 Å². The van der Waals surface area contributed by atoms with E-state index >= 15 is 0 Å². The van der Waals surface area contributed by atoms with Crippen molar-refractivity contribution in [1.82, 2.24) is 0 Å². The predicted molar refractivity (Wildman–Crippen MR) is 63.7 cm³/mol. The Morgan fingerprint density at radius 2 is 2.29 bits per heavy atom. The quantitative estimate of drug-likeness (QED) is 0.791. The number of ether oxygens (including phenoxy) is 1. The van der Waals surface area contributed by atoms with Gasteiger partial charge < -0.3 is 9.64 Å². The van der Waals surface area contributed by atoms with Gasteiger partial charge in [0.25, 0.3) is 0 Å². The van der Waals surface area contributed by atoms with Gasteiger partial charge in [-0.25, -0.2) is 4.39 Å². The van der Waals surface area contributed by atoms with E-state index in [4.69, 9.17) is 4.74 Å². The summed E-state index contributed by atoms with van der Waals surface area (Å²) in [6.45, 7) is 4.93. The van der Waals surface area contributed by atoms with Crippen molar-refractivity contribution in [3.8, 4) is 5.75 Å². The van der Waals surface area contributed by atoms with Crippen LogP contribution in [-0.2, 0) is 4.79 Å². The van der Waals surface area contributed by atoms with E-state index in [9.17, 15) is 9.18 Å². The zero-order valence-electron chi connectivity index (χ0n) is 10.1. The summed E-state index contributed by atoms with van der Waals surface area (Å²) in [6, 6.07) is 4.27. The highest BCUT2D eigenvalue weighted by Crippen LogP contribution is 2.32. The maximum Gasteiger partial charge on any atom is 0.227 e. The van der Waals surface area contributed by atoms with E-state index in [1.54, 1.807) is 11.0 Å². The molecule has 0 bridgehead atoms. The molecule has 0 unspecified atom stereocenters. The van der Waals surface area contributed by atoms with Crippen molar-refractivity contribution >= 4 is 11.6 Å². The summed E-state index contributed by atoms with van der Waals surface area (Å²) in [5, 5.41) is 0. The van der Waals surface area contributed by atoms with Gasteiger partial charge in [0, 0.05) is 12.5 Å². The summed E-state index contributed by atoms with van der Waals surface area (Å²) >= 11 is 0. The van der Waals surface area contributed by atoms with Crippen molar-refractivity contribution in [1.29, 1.82) is 0 Å². The van der Waals surface area contributed by atoms with Crippen LogP contribution in [0.15, 0.2) is 18.2 Å². The van der Waals surface area contributed by atoms with Gasteiger partial charge in [-0.15, -0.1) is 0 Å². The molecule has 17 heavy (non-hydrogen) atoms. The topological polar surface area (TPSA) is 29.5 Å². The molecule has 4 heteroatoms. The number of fused-ring (bicyclic) bond motifs is 1. The molecule has 0 saturated carbocycles. The van der Waals surface area contributed by atoms with E-state index in [2.05, 4.69) is 0 Å². The number of amides is 1. The Balaban J connectivity index is 2.27. The first kappa shape index (κ1) is 11.9. The first-order chi connectivity index (χ1) is 8.08. The summed E-state index contributed by atoms with van der Waals surface area (Å²) in [6.07, 6.45) is 0.468. The fraction of sp³-hybridized carbons (Fsp3) is 0.462. The van der Waals surface area contributed by atoms with Crippen LogP contribution in [0.2, 0.25) is 0 Å². The van der Waals surface area contributed by atoms with Gasteiger partial charge >= 0.3 is 0 Å². The minimum atomic E-state index is -0.350. The van der Waals surface area contributed by atoms with Crippen LogP contribution in [0.5, 0.6) is 5.75 Å². The van der Waals surface area contributed by atoms with Crippen molar-refractivity contribution < 1.29 is 13.9 Å². The standard InChI is InChI=1S/C13H16FNO2/c1-9(2)7-13(16)15-5-6-17-12-4-3-10(14)8-11(12)15/h3-4,8-9H,5-7H2,1-2H3. The van der Waals surface area contributed by atoms with Gasteiger partial charge in [-0.3, -0.25) is 4.79 Å². The molecular formula is C13H16FNO2. The molecule has 0 spiro atoms. The molecule has 0 N–H and O–H groups in total. The number of benzene rings is 1. The summed E-state index contributed by atoms with van der Waals surface area (Å²) in [7, 11) is 0. The first-order valence-corrected chi connectivity index (χ1v) is 5.80. The van der Waals surface area contributed by atoms with Crippen molar-refractivity contribution in [3.05, 3.63) is 24.0 Å². The van der Waals surface area contributed by atoms with Crippen molar-refractivity contribution in [3.63, 3.8) is 0 Å². The lowest BCUT2D eigenvalue weighted by Crippen LogP contribution is -2.38. The molecule has 0 aliphatic carbocycles. The molecule has 1 amide bonds. The fourth-order valence-electron chi connectivity index (χ4n) is 1.91. The average molecular weight is 237 g/mol. The van der Waals surface area contributed by atoms with Crippen molar-refractivity contribution in [2.45, 2.75) is 20.3 Å². The summed E-state index contributed by atoms with van der Waals surface area (Å²) in [5.74, 6) is 0.545. The number of carbonyl (C=O) groups excluding carboxylic acids is 1. The molecule has 0 aromatic heterocycles. The Labute approximate surface area is 100 Å². The molecule has 0 atom stereocenters. The lowest BCUT2D eigenvalue weighted by Gasteiger charge is -2.30. The van der Waals surface area contributed by atoms with Gasteiger partial charge in [-0.1, -0.05) is 13.8 Å². The van der Waals surface area contributed by atoms with Crippen molar-refractivity contribution in [2.24, 2.45) is 5.92 Å². The van der Waals surface area contributed by atoms with Crippen LogP contribution in [0.3, 0.4) is 0 Å². The second-order valence-corrected chi connectivity index (χ2v) is 4.60. The third-order valence-electron chi connectivity index (χ3n) is 2.67. The molecule has 0 saturated heterocycles. The number of hydrogen-bond donors (Lipinski definition) is 0. The van der Waals surface area contributed by atoms with Gasteiger partial charge in [0.15, 0.2) is 0 Å². The van der Waals surface area contributed by atoms with Crippen LogP contribution in [0.4, 0.5) is 10.1 Å². The molecular weight excluding hydrogens is 221 g/mol. The van der Waals surface area contributed by atoms with Gasteiger partial charge in [-0.05, 0) is 18.1 Å². The smallest absolute Gasteiger partial charge is 0.227 e. The number of halogens is 1. The van der Waals surface area contributed by atoms with Gasteiger partial charge in [0.2, 0.25) is 5.91 Å². The van der Waals surface area contributed by atoms with E-state index in [0.717, 1.165) is 0 Å². The van der Waals surface area contributed by atoms with Crippen LogP contribution in [0.1, 0.15) is 20.3 Å². The molecule has 0 fully saturated rings. The SMILES string of the molecule is CC(C)CC(=O)N1CCOc2ccc(F)cc21. The van der Waals surface area contributed by atoms with Gasteiger partial charge in [-0.2, -0.15) is 0 Å². The third kappa shape index (κ3) is 2.57. The van der Waals surface area contributed by atoms with Crippen LogP contribution in [-0.4, -0.2) is 19.1 Å². The number of nitrogens with zero attached hydrogens (tertiary/aromatic N) is 1. The first-order valence-electron chi connectivity index (χ1n) is 5.80. The molecule has 1 aliphatic heterocycles. The zero-order valence-corrected chi connectivity index (χ0v) is 10.1. The number of hydrogen-bond acceptors (Lipinski definition) is 2. The lowest BCUT2D eigenvalue weighted by molar-refractivity contribution is -0.119. The van der Waals surface area contributed by atoms with Crippen LogP contribution in [0, 0.1) is 11.7 Å². The van der Waals surface area contributed by atoms with E-state index < -0.39 is 0 Å². The molecule has 92 valence electrons. The molecule has 1 aromatic carbocycles. The Hall–Kier alpha value is -1.58. The normalized spacial score (nSPS) is 14.5. The second kappa shape index (κ2) is 4.73. The molecule has 0 radical (unpaired) electrons. The highest BCUT2D eigenvalue weighted by Gasteiger charge is 2.24. The molecule has 1 aromatic rings. The maximum absolute atomic E-state index is 13.2.